The summed E-state index contributed by atoms with van der Waals surface area (Å²) < 4.78 is 3.33. The van der Waals surface area contributed by atoms with E-state index < -0.39 is 0 Å². The fourth-order valence-corrected chi connectivity index (χ4v) is 2.84. The van der Waals surface area contributed by atoms with Crippen LogP contribution in [0.2, 0.25) is 0 Å². The molecule has 8 heteroatoms. The van der Waals surface area contributed by atoms with E-state index in [2.05, 4.69) is 52.5 Å². The normalized spacial score (nSPS) is 11.0. The van der Waals surface area contributed by atoms with Crippen LogP contribution in [0.15, 0.2) is 69.0 Å². The van der Waals surface area contributed by atoms with Gasteiger partial charge in [-0.1, -0.05) is 28.1 Å². The molecule has 0 saturated heterocycles. The minimum absolute atomic E-state index is 0.281. The zero-order valence-corrected chi connectivity index (χ0v) is 16.1. The van der Waals surface area contributed by atoms with Gasteiger partial charge in [0.2, 0.25) is 0 Å². The van der Waals surface area contributed by atoms with Gasteiger partial charge in [-0.2, -0.15) is 10.2 Å². The number of hydrazone groups is 1. The second-order valence-electron chi connectivity index (χ2n) is 5.13. The molecule has 2 heterocycles. The fourth-order valence-electron chi connectivity index (χ4n) is 2.08. The molecule has 0 atom stereocenters. The van der Waals surface area contributed by atoms with Crippen molar-refractivity contribution in [2.45, 2.75) is 6.54 Å². The molecule has 0 bridgehead atoms. The lowest BCUT2D eigenvalue weighted by molar-refractivity contribution is 0.0948. The van der Waals surface area contributed by atoms with E-state index in [1.54, 1.807) is 41.6 Å². The number of nitrogens with zero attached hydrogens (tertiary/aromatic N) is 4. The Labute approximate surface area is 161 Å². The Morgan fingerprint density at radius 3 is 2.60 bits per heavy atom. The molecular weight excluding hydrogens is 450 g/mol. The van der Waals surface area contributed by atoms with Crippen molar-refractivity contribution >= 4 is 44.0 Å². The highest BCUT2D eigenvalue weighted by atomic mass is 79.9. The van der Waals surface area contributed by atoms with Crippen LogP contribution in [0.25, 0.3) is 0 Å². The summed E-state index contributed by atoms with van der Waals surface area (Å²) in [5.41, 5.74) is 4.68. The molecular formula is C17H13Br2N5O. The molecule has 0 aliphatic rings. The highest BCUT2D eigenvalue weighted by Gasteiger charge is 2.14. The van der Waals surface area contributed by atoms with Gasteiger partial charge < -0.3 is 0 Å². The van der Waals surface area contributed by atoms with Gasteiger partial charge in [0.25, 0.3) is 5.91 Å². The summed E-state index contributed by atoms with van der Waals surface area (Å²) in [5, 5.41) is 8.25. The number of halogens is 2. The van der Waals surface area contributed by atoms with E-state index in [0.29, 0.717) is 11.0 Å². The molecule has 1 N–H and O–H groups in total. The van der Waals surface area contributed by atoms with E-state index in [4.69, 9.17) is 0 Å². The number of pyridine rings is 1. The Kier molecular flexibility index (Phi) is 5.72. The molecule has 2 aromatic heterocycles. The highest BCUT2D eigenvalue weighted by Crippen LogP contribution is 2.17. The predicted molar refractivity (Wildman–Crippen MR) is 102 cm³/mol. The first-order chi connectivity index (χ1) is 12.1. The van der Waals surface area contributed by atoms with Crippen LogP contribution in [0, 0.1) is 0 Å². The Hall–Kier alpha value is -2.32. The first kappa shape index (κ1) is 17.5. The van der Waals surface area contributed by atoms with Crippen molar-refractivity contribution in [3.63, 3.8) is 0 Å². The smallest absolute Gasteiger partial charge is 0.266 e. The van der Waals surface area contributed by atoms with Gasteiger partial charge in [0.05, 0.1) is 17.2 Å². The molecule has 0 unspecified atom stereocenters. The molecule has 0 fully saturated rings. The van der Waals surface area contributed by atoms with Gasteiger partial charge in [-0.3, -0.25) is 14.5 Å². The molecule has 0 spiro atoms. The van der Waals surface area contributed by atoms with E-state index in [1.165, 1.54) is 0 Å². The van der Waals surface area contributed by atoms with Gasteiger partial charge in [-0.05, 0) is 51.3 Å². The number of nitrogens with one attached hydrogen (secondary N) is 1. The van der Waals surface area contributed by atoms with Crippen LogP contribution >= 0.6 is 31.9 Å². The molecule has 0 radical (unpaired) electrons. The van der Waals surface area contributed by atoms with Crippen LogP contribution in [0.4, 0.5) is 0 Å². The topological polar surface area (TPSA) is 72.2 Å². The Morgan fingerprint density at radius 1 is 1.16 bits per heavy atom. The lowest BCUT2D eigenvalue weighted by atomic mass is 10.2. The summed E-state index contributed by atoms with van der Waals surface area (Å²) in [6, 6.07) is 11.5. The number of hydrogen-bond donors (Lipinski definition) is 1. The summed E-state index contributed by atoms with van der Waals surface area (Å²) in [6.45, 7) is 0.569. The maximum Gasteiger partial charge on any atom is 0.293 e. The predicted octanol–water partition coefficient (Wildman–Crippen LogP) is 3.62. The van der Waals surface area contributed by atoms with Gasteiger partial charge in [0, 0.05) is 23.1 Å². The lowest BCUT2D eigenvalue weighted by Crippen LogP contribution is -2.19. The molecule has 6 nitrogen and oxygen atoms in total. The monoisotopic (exact) mass is 461 g/mol. The molecule has 1 amide bonds. The zero-order chi connectivity index (χ0) is 17.6. The number of carbonyl (C=O) groups is 1. The fraction of sp³-hybridized carbons (Fsp3) is 0.0588. The van der Waals surface area contributed by atoms with Crippen LogP contribution < -0.4 is 5.43 Å². The van der Waals surface area contributed by atoms with Crippen molar-refractivity contribution in [1.29, 1.82) is 0 Å². The first-order valence-corrected chi connectivity index (χ1v) is 8.91. The van der Waals surface area contributed by atoms with Crippen LogP contribution in [-0.4, -0.2) is 26.9 Å². The molecule has 25 heavy (non-hydrogen) atoms. The first-order valence-electron chi connectivity index (χ1n) is 7.32. The van der Waals surface area contributed by atoms with Crippen molar-refractivity contribution in [2.75, 3.05) is 0 Å². The Bertz CT molecular complexity index is 891. The minimum Gasteiger partial charge on any atom is -0.266 e. The second-order valence-corrected chi connectivity index (χ2v) is 6.90. The van der Waals surface area contributed by atoms with Crippen LogP contribution in [0.1, 0.15) is 21.6 Å². The molecule has 0 saturated carbocycles. The maximum atomic E-state index is 12.2. The molecule has 3 aromatic rings. The van der Waals surface area contributed by atoms with Crippen molar-refractivity contribution in [1.82, 2.24) is 20.2 Å². The standard InChI is InChI=1S/C17H13Br2N5O/c18-14-3-1-13(2-4-14)10-24-11-15(19)16(23-24)17(25)22-21-9-12-5-7-20-8-6-12/h1-9,11H,10H2,(H,22,25)/b21-9-. The van der Waals surface area contributed by atoms with Crippen LogP contribution in [-0.2, 0) is 6.54 Å². The van der Waals surface area contributed by atoms with Gasteiger partial charge in [0.15, 0.2) is 5.69 Å². The summed E-state index contributed by atoms with van der Waals surface area (Å²) in [4.78, 5) is 16.1. The van der Waals surface area contributed by atoms with E-state index in [-0.39, 0.29) is 11.6 Å². The SMILES string of the molecule is O=C(N/N=C\c1ccncc1)c1nn(Cc2ccc(Br)cc2)cc1Br. The molecule has 0 aliphatic carbocycles. The van der Waals surface area contributed by atoms with E-state index in [0.717, 1.165) is 15.6 Å². The molecule has 1 aromatic carbocycles. The average molecular weight is 463 g/mol. The molecule has 0 aliphatic heterocycles. The number of rotatable bonds is 5. The third-order valence-electron chi connectivity index (χ3n) is 3.28. The number of carbonyl (C=O) groups excluding carboxylic acids is 1. The average Bonchev–Trinajstić information content (AvgIpc) is 2.98. The Balaban J connectivity index is 1.66. The number of hydrogen-bond acceptors (Lipinski definition) is 4. The third-order valence-corrected chi connectivity index (χ3v) is 4.38. The van der Waals surface area contributed by atoms with Gasteiger partial charge in [-0.25, -0.2) is 5.43 Å². The van der Waals surface area contributed by atoms with E-state index >= 15 is 0 Å². The van der Waals surface area contributed by atoms with Crippen molar-refractivity contribution < 1.29 is 4.79 Å². The number of amides is 1. The molecule has 3 rings (SSSR count). The quantitative estimate of drug-likeness (QED) is 0.465. The second kappa shape index (κ2) is 8.17. The van der Waals surface area contributed by atoms with Crippen molar-refractivity contribution in [2.24, 2.45) is 5.10 Å². The summed E-state index contributed by atoms with van der Waals surface area (Å²) >= 11 is 6.77. The van der Waals surface area contributed by atoms with Gasteiger partial charge >= 0.3 is 0 Å². The minimum atomic E-state index is -0.383. The number of aromatic nitrogens is 3. The summed E-state index contributed by atoms with van der Waals surface area (Å²) in [5.74, 6) is -0.383. The van der Waals surface area contributed by atoms with E-state index in [1.807, 2.05) is 24.3 Å². The maximum absolute atomic E-state index is 12.2. The Morgan fingerprint density at radius 2 is 1.88 bits per heavy atom. The molecule has 126 valence electrons. The van der Waals surface area contributed by atoms with Crippen molar-refractivity contribution in [3.05, 3.63) is 80.8 Å². The van der Waals surface area contributed by atoms with Gasteiger partial charge in [-0.15, -0.1) is 0 Å². The third kappa shape index (κ3) is 4.83. The van der Waals surface area contributed by atoms with Crippen LogP contribution in [0.3, 0.4) is 0 Å². The summed E-state index contributed by atoms with van der Waals surface area (Å²) in [6.07, 6.45) is 6.63. The lowest BCUT2D eigenvalue weighted by Gasteiger charge is -2.02. The largest absolute Gasteiger partial charge is 0.293 e. The van der Waals surface area contributed by atoms with Crippen molar-refractivity contribution in [3.8, 4) is 0 Å². The van der Waals surface area contributed by atoms with Crippen LogP contribution in [0.5, 0.6) is 0 Å². The van der Waals surface area contributed by atoms with E-state index in [9.17, 15) is 4.79 Å². The number of benzene rings is 1. The highest BCUT2D eigenvalue weighted by molar-refractivity contribution is 9.10. The van der Waals surface area contributed by atoms with Gasteiger partial charge in [0.1, 0.15) is 0 Å². The summed E-state index contributed by atoms with van der Waals surface area (Å²) in [7, 11) is 0. The zero-order valence-electron chi connectivity index (χ0n) is 12.9.